The summed E-state index contributed by atoms with van der Waals surface area (Å²) in [5.41, 5.74) is 4.51. The molecule has 1 aromatic heterocycles. The zero-order valence-electron chi connectivity index (χ0n) is 15.2. The predicted molar refractivity (Wildman–Crippen MR) is 112 cm³/mol. The minimum atomic E-state index is 0.513. The number of nitrogens with zero attached hydrogens (tertiary/aromatic N) is 2. The first-order valence-corrected chi connectivity index (χ1v) is 10.5. The zero-order chi connectivity index (χ0) is 18.2. The molecule has 4 nitrogen and oxygen atoms in total. The van der Waals surface area contributed by atoms with Crippen LogP contribution in [0, 0.1) is 0 Å². The molecule has 5 rings (SSSR count). The SMILES string of the molecule is Brc1cc2c(c(-c3ccc4ncnc(NC5CCCCC5)c4c3)c1)OCC2. The Labute approximate surface area is 167 Å². The Kier molecular flexibility index (Phi) is 4.48. The number of ether oxygens (including phenoxy) is 1. The molecule has 0 unspecified atom stereocenters. The second-order valence-corrected chi connectivity index (χ2v) is 8.39. The van der Waals surface area contributed by atoms with E-state index in [1.807, 2.05) is 0 Å². The normalized spacial score (nSPS) is 16.9. The van der Waals surface area contributed by atoms with Gasteiger partial charge >= 0.3 is 0 Å². The summed E-state index contributed by atoms with van der Waals surface area (Å²) in [5, 5.41) is 4.75. The molecular weight excluding hydrogens is 402 g/mol. The molecule has 1 saturated carbocycles. The van der Waals surface area contributed by atoms with Crippen LogP contribution in [-0.4, -0.2) is 22.6 Å². The van der Waals surface area contributed by atoms with Gasteiger partial charge in [0.15, 0.2) is 0 Å². The standard InChI is InChI=1S/C22H22BrN3O/c23-16-10-15-8-9-27-21(15)18(12-16)14-6-7-20-19(11-14)22(25-13-24-20)26-17-4-2-1-3-5-17/h6-7,10-13,17H,1-5,8-9H2,(H,24,25,26). The Bertz CT molecular complexity index is 998. The van der Waals surface area contributed by atoms with Gasteiger partial charge in [-0.1, -0.05) is 41.3 Å². The van der Waals surface area contributed by atoms with Crippen molar-refractivity contribution in [2.24, 2.45) is 0 Å². The molecule has 2 aliphatic rings. The first-order chi connectivity index (χ1) is 13.3. The number of aromatic nitrogens is 2. The lowest BCUT2D eigenvalue weighted by molar-refractivity contribution is 0.358. The third-order valence-electron chi connectivity index (χ3n) is 5.64. The van der Waals surface area contributed by atoms with E-state index in [0.29, 0.717) is 6.04 Å². The van der Waals surface area contributed by atoms with Crippen molar-refractivity contribution >= 4 is 32.7 Å². The van der Waals surface area contributed by atoms with Gasteiger partial charge in [0.2, 0.25) is 0 Å². The molecule has 27 heavy (non-hydrogen) atoms. The fraction of sp³-hybridized carbons (Fsp3) is 0.364. The minimum Gasteiger partial charge on any atom is -0.492 e. The number of hydrogen-bond acceptors (Lipinski definition) is 4. The van der Waals surface area contributed by atoms with Crippen LogP contribution in [0.5, 0.6) is 5.75 Å². The second-order valence-electron chi connectivity index (χ2n) is 7.47. The average molecular weight is 424 g/mol. The molecular formula is C22H22BrN3O. The summed E-state index contributed by atoms with van der Waals surface area (Å²) in [6, 6.07) is 11.2. The van der Waals surface area contributed by atoms with Crippen molar-refractivity contribution in [3.05, 3.63) is 46.7 Å². The van der Waals surface area contributed by atoms with E-state index in [1.165, 1.54) is 37.7 Å². The summed E-state index contributed by atoms with van der Waals surface area (Å²) < 4.78 is 7.02. The van der Waals surface area contributed by atoms with Crippen LogP contribution in [-0.2, 0) is 6.42 Å². The molecule has 2 heterocycles. The van der Waals surface area contributed by atoms with Crippen molar-refractivity contribution in [3.8, 4) is 16.9 Å². The van der Waals surface area contributed by atoms with E-state index in [2.05, 4.69) is 61.5 Å². The van der Waals surface area contributed by atoms with Crippen molar-refractivity contribution in [1.29, 1.82) is 0 Å². The number of anilines is 1. The van der Waals surface area contributed by atoms with Crippen LogP contribution in [0.2, 0.25) is 0 Å². The van der Waals surface area contributed by atoms with Gasteiger partial charge < -0.3 is 10.1 Å². The number of nitrogens with one attached hydrogen (secondary N) is 1. The Hall–Kier alpha value is -2.14. The number of benzene rings is 2. The molecule has 1 N–H and O–H groups in total. The number of hydrogen-bond donors (Lipinski definition) is 1. The van der Waals surface area contributed by atoms with Crippen LogP contribution < -0.4 is 10.1 Å². The minimum absolute atomic E-state index is 0.513. The summed E-state index contributed by atoms with van der Waals surface area (Å²) in [7, 11) is 0. The maximum absolute atomic E-state index is 5.94. The van der Waals surface area contributed by atoms with E-state index in [9.17, 15) is 0 Å². The Morgan fingerprint density at radius 1 is 1.04 bits per heavy atom. The van der Waals surface area contributed by atoms with Gasteiger partial charge in [0, 0.05) is 27.9 Å². The van der Waals surface area contributed by atoms with Gasteiger partial charge in [-0.15, -0.1) is 0 Å². The lowest BCUT2D eigenvalue weighted by Crippen LogP contribution is -2.23. The highest BCUT2D eigenvalue weighted by molar-refractivity contribution is 9.10. The van der Waals surface area contributed by atoms with E-state index in [1.54, 1.807) is 6.33 Å². The molecule has 0 amide bonds. The van der Waals surface area contributed by atoms with E-state index in [-0.39, 0.29) is 0 Å². The third-order valence-corrected chi connectivity index (χ3v) is 6.10. The maximum atomic E-state index is 5.94. The van der Waals surface area contributed by atoms with Gasteiger partial charge in [-0.2, -0.15) is 0 Å². The number of fused-ring (bicyclic) bond motifs is 2. The topological polar surface area (TPSA) is 47.0 Å². The van der Waals surface area contributed by atoms with Crippen LogP contribution in [0.1, 0.15) is 37.7 Å². The largest absolute Gasteiger partial charge is 0.492 e. The van der Waals surface area contributed by atoms with E-state index < -0.39 is 0 Å². The molecule has 1 fully saturated rings. The van der Waals surface area contributed by atoms with Crippen LogP contribution in [0.25, 0.3) is 22.0 Å². The average Bonchev–Trinajstić information content (AvgIpc) is 3.16. The maximum Gasteiger partial charge on any atom is 0.137 e. The van der Waals surface area contributed by atoms with Gasteiger partial charge in [0.1, 0.15) is 17.9 Å². The van der Waals surface area contributed by atoms with Crippen molar-refractivity contribution in [3.63, 3.8) is 0 Å². The van der Waals surface area contributed by atoms with Gasteiger partial charge in [0.05, 0.1) is 12.1 Å². The molecule has 1 aliphatic heterocycles. The fourth-order valence-electron chi connectivity index (χ4n) is 4.26. The molecule has 2 aromatic carbocycles. The van der Waals surface area contributed by atoms with Crippen LogP contribution >= 0.6 is 15.9 Å². The summed E-state index contributed by atoms with van der Waals surface area (Å²) >= 11 is 3.65. The third kappa shape index (κ3) is 3.29. The van der Waals surface area contributed by atoms with Crippen LogP contribution in [0.15, 0.2) is 41.1 Å². The van der Waals surface area contributed by atoms with Gasteiger partial charge in [0.25, 0.3) is 0 Å². The smallest absolute Gasteiger partial charge is 0.137 e. The summed E-state index contributed by atoms with van der Waals surface area (Å²) in [6.07, 6.45) is 9.01. The van der Waals surface area contributed by atoms with Crippen molar-refractivity contribution in [2.45, 2.75) is 44.6 Å². The van der Waals surface area contributed by atoms with Gasteiger partial charge in [-0.3, -0.25) is 0 Å². The quantitative estimate of drug-likeness (QED) is 0.583. The van der Waals surface area contributed by atoms with E-state index >= 15 is 0 Å². The summed E-state index contributed by atoms with van der Waals surface area (Å²) in [6.45, 7) is 0.754. The molecule has 3 aromatic rings. The molecule has 0 atom stereocenters. The molecule has 5 heteroatoms. The van der Waals surface area contributed by atoms with E-state index in [4.69, 9.17) is 4.74 Å². The second kappa shape index (κ2) is 7.12. The monoisotopic (exact) mass is 423 g/mol. The number of rotatable bonds is 3. The van der Waals surface area contributed by atoms with Crippen molar-refractivity contribution in [2.75, 3.05) is 11.9 Å². The molecule has 0 saturated heterocycles. The van der Waals surface area contributed by atoms with Gasteiger partial charge in [-0.05, 0) is 48.2 Å². The van der Waals surface area contributed by atoms with Gasteiger partial charge in [-0.25, -0.2) is 9.97 Å². The summed E-state index contributed by atoms with van der Waals surface area (Å²) in [4.78, 5) is 9.03. The Morgan fingerprint density at radius 3 is 2.81 bits per heavy atom. The lowest BCUT2D eigenvalue weighted by Gasteiger charge is -2.23. The Morgan fingerprint density at radius 2 is 1.93 bits per heavy atom. The molecule has 0 spiro atoms. The molecule has 0 radical (unpaired) electrons. The van der Waals surface area contributed by atoms with Crippen molar-refractivity contribution in [1.82, 2.24) is 9.97 Å². The highest BCUT2D eigenvalue weighted by Crippen LogP contribution is 2.40. The molecule has 138 valence electrons. The lowest BCUT2D eigenvalue weighted by atomic mass is 9.95. The number of halogens is 1. The molecule has 0 bridgehead atoms. The summed E-state index contributed by atoms with van der Waals surface area (Å²) in [5.74, 6) is 1.96. The first kappa shape index (κ1) is 17.0. The highest BCUT2D eigenvalue weighted by Gasteiger charge is 2.20. The predicted octanol–water partition coefficient (Wildman–Crippen LogP) is 5.74. The Balaban J connectivity index is 1.58. The van der Waals surface area contributed by atoms with Crippen LogP contribution in [0.4, 0.5) is 5.82 Å². The molecule has 1 aliphatic carbocycles. The fourth-order valence-corrected chi connectivity index (χ4v) is 4.77. The zero-order valence-corrected chi connectivity index (χ0v) is 16.8. The van der Waals surface area contributed by atoms with Crippen LogP contribution in [0.3, 0.4) is 0 Å². The van der Waals surface area contributed by atoms with Crippen molar-refractivity contribution < 1.29 is 4.74 Å². The first-order valence-electron chi connectivity index (χ1n) is 9.75. The highest BCUT2D eigenvalue weighted by atomic mass is 79.9. The van der Waals surface area contributed by atoms with E-state index in [0.717, 1.165) is 51.1 Å².